The molecule has 3 N–H and O–H groups in total. The monoisotopic (exact) mass is 264 g/mol. The van der Waals surface area contributed by atoms with Gasteiger partial charge >= 0.3 is 0 Å². The molecule has 1 aliphatic carbocycles. The average molecular weight is 264 g/mol. The zero-order chi connectivity index (χ0) is 13.9. The number of hydrogen-bond acceptors (Lipinski definition) is 5. The van der Waals surface area contributed by atoms with Crippen molar-refractivity contribution in [2.75, 3.05) is 12.5 Å². The minimum atomic E-state index is -0.458. The molecule has 1 aromatic heterocycles. The highest BCUT2D eigenvalue weighted by Gasteiger charge is 2.29. The Morgan fingerprint density at radius 1 is 1.42 bits per heavy atom. The molecule has 5 nitrogen and oxygen atoms in total. The van der Waals surface area contributed by atoms with Crippen LogP contribution in [0.5, 0.6) is 0 Å². The van der Waals surface area contributed by atoms with Crippen molar-refractivity contribution >= 4 is 5.82 Å². The van der Waals surface area contributed by atoms with E-state index in [4.69, 9.17) is 15.6 Å². The van der Waals surface area contributed by atoms with Crippen molar-refractivity contribution in [3.63, 3.8) is 0 Å². The maximum Gasteiger partial charge on any atom is 0.162 e. The minimum absolute atomic E-state index is 0.458. The second-order valence-electron chi connectivity index (χ2n) is 5.42. The summed E-state index contributed by atoms with van der Waals surface area (Å²) in [6.07, 6.45) is 5.80. The molecule has 5 heteroatoms. The van der Waals surface area contributed by atoms with Crippen LogP contribution in [0.1, 0.15) is 63.4 Å². The van der Waals surface area contributed by atoms with Crippen LogP contribution in [-0.4, -0.2) is 17.1 Å². The predicted octanol–water partition coefficient (Wildman–Crippen LogP) is 2.69. The molecule has 0 aromatic carbocycles. The van der Waals surface area contributed by atoms with E-state index in [0.717, 1.165) is 17.9 Å². The fraction of sp³-hybridized carbons (Fsp3) is 0.714. The first-order valence-corrected chi connectivity index (χ1v) is 7.04. The fourth-order valence-corrected chi connectivity index (χ4v) is 2.60. The second-order valence-corrected chi connectivity index (χ2v) is 5.42. The Hall–Kier alpha value is -1.20. The summed E-state index contributed by atoms with van der Waals surface area (Å²) in [5.74, 6) is 7.45. The number of rotatable bonds is 5. The minimum Gasteiger partial charge on any atom is -0.371 e. The van der Waals surface area contributed by atoms with Crippen LogP contribution in [0.2, 0.25) is 0 Å². The summed E-state index contributed by atoms with van der Waals surface area (Å²) in [4.78, 5) is 9.21. The van der Waals surface area contributed by atoms with Gasteiger partial charge in [0, 0.05) is 24.8 Å². The van der Waals surface area contributed by atoms with Crippen molar-refractivity contribution < 1.29 is 4.74 Å². The number of hydrazine groups is 1. The van der Waals surface area contributed by atoms with E-state index in [1.165, 1.54) is 25.7 Å². The van der Waals surface area contributed by atoms with Gasteiger partial charge in [-0.3, -0.25) is 0 Å². The fourth-order valence-electron chi connectivity index (χ4n) is 2.60. The summed E-state index contributed by atoms with van der Waals surface area (Å²) >= 11 is 0. The largest absolute Gasteiger partial charge is 0.371 e. The maximum absolute atomic E-state index is 5.60. The lowest BCUT2D eigenvalue weighted by atomic mass is 10.00. The number of ether oxygens (including phenoxy) is 1. The predicted molar refractivity (Wildman–Crippen MR) is 75.7 cm³/mol. The summed E-state index contributed by atoms with van der Waals surface area (Å²) in [6.45, 7) is 4.09. The molecule has 19 heavy (non-hydrogen) atoms. The third-order valence-electron chi connectivity index (χ3n) is 4.27. The number of nitrogens with one attached hydrogen (secondary N) is 1. The van der Waals surface area contributed by atoms with Gasteiger partial charge in [0.25, 0.3) is 0 Å². The lowest BCUT2D eigenvalue weighted by Gasteiger charge is -2.26. The smallest absolute Gasteiger partial charge is 0.162 e. The molecule has 1 saturated carbocycles. The lowest BCUT2D eigenvalue weighted by Crippen LogP contribution is -2.28. The van der Waals surface area contributed by atoms with Gasteiger partial charge in [0.05, 0.1) is 0 Å². The highest BCUT2D eigenvalue weighted by molar-refractivity contribution is 5.36. The summed E-state index contributed by atoms with van der Waals surface area (Å²) in [5.41, 5.74) is 3.28. The van der Waals surface area contributed by atoms with Crippen LogP contribution < -0.4 is 11.3 Å². The summed E-state index contributed by atoms with van der Waals surface area (Å²) in [6, 6.07) is 1.96. The van der Waals surface area contributed by atoms with Gasteiger partial charge in [0.2, 0.25) is 0 Å². The summed E-state index contributed by atoms with van der Waals surface area (Å²) < 4.78 is 5.60. The Bertz CT molecular complexity index is 425. The third-order valence-corrected chi connectivity index (χ3v) is 4.27. The van der Waals surface area contributed by atoms with Gasteiger partial charge in [-0.15, -0.1) is 0 Å². The SMILES string of the molecule is CCC(C)(OC)c1nc(NN)cc(C2CCCC2)n1. The molecule has 0 radical (unpaired) electrons. The lowest BCUT2D eigenvalue weighted by molar-refractivity contribution is -0.00909. The van der Waals surface area contributed by atoms with E-state index in [2.05, 4.69) is 17.3 Å². The van der Waals surface area contributed by atoms with Crippen LogP contribution in [0.15, 0.2) is 6.07 Å². The van der Waals surface area contributed by atoms with Crippen molar-refractivity contribution in [2.24, 2.45) is 5.84 Å². The number of nitrogens with two attached hydrogens (primary N) is 1. The van der Waals surface area contributed by atoms with E-state index >= 15 is 0 Å². The van der Waals surface area contributed by atoms with Crippen LogP contribution in [0.4, 0.5) is 5.82 Å². The molecule has 0 spiro atoms. The van der Waals surface area contributed by atoms with Gasteiger partial charge in [-0.1, -0.05) is 19.8 Å². The van der Waals surface area contributed by atoms with Crippen LogP contribution in [0.25, 0.3) is 0 Å². The van der Waals surface area contributed by atoms with Crippen molar-refractivity contribution in [3.05, 3.63) is 17.6 Å². The quantitative estimate of drug-likeness (QED) is 0.632. The van der Waals surface area contributed by atoms with Crippen molar-refractivity contribution in [1.82, 2.24) is 9.97 Å². The third kappa shape index (κ3) is 2.87. The number of anilines is 1. The van der Waals surface area contributed by atoms with Gasteiger partial charge in [-0.25, -0.2) is 15.8 Å². The van der Waals surface area contributed by atoms with E-state index < -0.39 is 5.60 Å². The first kappa shape index (κ1) is 14.2. The summed E-state index contributed by atoms with van der Waals surface area (Å²) in [7, 11) is 1.70. The Balaban J connectivity index is 2.40. The zero-order valence-electron chi connectivity index (χ0n) is 12.1. The molecule has 1 aliphatic rings. The number of methoxy groups -OCH3 is 1. The molecule has 1 fully saturated rings. The standard InChI is InChI=1S/C14H24N4O/c1-4-14(2,19-3)13-16-11(9-12(17-13)18-15)10-7-5-6-8-10/h9-10H,4-8,15H2,1-3H3,(H,16,17,18). The first-order chi connectivity index (χ1) is 9.12. The maximum atomic E-state index is 5.60. The Kier molecular flexibility index (Phi) is 4.37. The number of nitrogen functional groups attached to an aromatic ring is 1. The molecule has 1 heterocycles. The highest BCUT2D eigenvalue weighted by atomic mass is 16.5. The molecule has 0 aliphatic heterocycles. The van der Waals surface area contributed by atoms with Crippen LogP contribution >= 0.6 is 0 Å². The molecule has 2 rings (SSSR count). The van der Waals surface area contributed by atoms with Gasteiger partial charge in [-0.05, 0) is 26.2 Å². The van der Waals surface area contributed by atoms with Crippen LogP contribution in [0, 0.1) is 0 Å². The highest BCUT2D eigenvalue weighted by Crippen LogP contribution is 2.35. The number of nitrogens with zero attached hydrogens (tertiary/aromatic N) is 2. The second kappa shape index (κ2) is 5.84. The van der Waals surface area contributed by atoms with Gasteiger partial charge in [-0.2, -0.15) is 0 Å². The molecule has 1 aromatic rings. The molecular formula is C14H24N4O. The molecular weight excluding hydrogens is 240 g/mol. The molecule has 1 unspecified atom stereocenters. The van der Waals surface area contributed by atoms with E-state index in [9.17, 15) is 0 Å². The van der Waals surface area contributed by atoms with Gasteiger partial charge in [0.1, 0.15) is 11.4 Å². The molecule has 0 amide bonds. The zero-order valence-corrected chi connectivity index (χ0v) is 12.1. The average Bonchev–Trinajstić information content (AvgIpc) is 3.00. The van der Waals surface area contributed by atoms with Gasteiger partial charge in [0.15, 0.2) is 5.82 Å². The van der Waals surface area contributed by atoms with Gasteiger partial charge < -0.3 is 10.2 Å². The summed E-state index contributed by atoms with van der Waals surface area (Å²) in [5, 5.41) is 0. The molecule has 0 bridgehead atoms. The van der Waals surface area contributed by atoms with E-state index in [-0.39, 0.29) is 0 Å². The van der Waals surface area contributed by atoms with Crippen LogP contribution in [-0.2, 0) is 10.3 Å². The Morgan fingerprint density at radius 2 is 2.11 bits per heavy atom. The number of hydrogen-bond donors (Lipinski definition) is 2. The van der Waals surface area contributed by atoms with Crippen LogP contribution in [0.3, 0.4) is 0 Å². The van der Waals surface area contributed by atoms with E-state index in [1.54, 1.807) is 7.11 Å². The van der Waals surface area contributed by atoms with Crippen molar-refractivity contribution in [2.45, 2.75) is 57.5 Å². The molecule has 1 atom stereocenters. The molecule has 0 saturated heterocycles. The topological polar surface area (TPSA) is 73.1 Å². The Labute approximate surface area is 114 Å². The Morgan fingerprint density at radius 3 is 2.63 bits per heavy atom. The molecule has 106 valence electrons. The first-order valence-electron chi connectivity index (χ1n) is 7.04. The number of aromatic nitrogens is 2. The van der Waals surface area contributed by atoms with E-state index in [0.29, 0.717) is 11.7 Å². The van der Waals surface area contributed by atoms with Crippen molar-refractivity contribution in [1.29, 1.82) is 0 Å². The van der Waals surface area contributed by atoms with Crippen molar-refractivity contribution in [3.8, 4) is 0 Å². The normalized spacial score (nSPS) is 19.4. The van der Waals surface area contributed by atoms with E-state index in [1.807, 2.05) is 13.0 Å².